The summed E-state index contributed by atoms with van der Waals surface area (Å²) in [6.45, 7) is 4.71. The summed E-state index contributed by atoms with van der Waals surface area (Å²) in [6.07, 6.45) is 16.6. The van der Waals surface area contributed by atoms with E-state index in [0.717, 1.165) is 13.1 Å². The van der Waals surface area contributed by atoms with Gasteiger partial charge in [-0.15, -0.1) is 0 Å². The molecule has 23 heavy (non-hydrogen) atoms. The molecule has 2 aromatic rings. The van der Waals surface area contributed by atoms with Crippen molar-refractivity contribution in [2.24, 2.45) is 0 Å². The van der Waals surface area contributed by atoms with E-state index in [0.29, 0.717) is 12.1 Å². The minimum absolute atomic E-state index is 0.679. The molecule has 0 radical (unpaired) electrons. The average molecular weight is 316 g/mol. The summed E-state index contributed by atoms with van der Waals surface area (Å²) in [6, 6.07) is 1.36. The fraction of sp³-hybridized carbons (Fsp3) is 0.647. The first-order valence-electron chi connectivity index (χ1n) is 8.67. The SMILES string of the molecule is CN1CCC(n2ccnc2)CC1.c1cn(C2CCNCC2)cn1. The van der Waals surface area contributed by atoms with Crippen molar-refractivity contribution in [2.45, 2.75) is 37.8 Å². The van der Waals surface area contributed by atoms with E-state index in [1.54, 1.807) is 0 Å². The number of piperidine rings is 2. The monoisotopic (exact) mass is 316 g/mol. The van der Waals surface area contributed by atoms with Crippen LogP contribution in [0.1, 0.15) is 37.8 Å². The first kappa shape index (κ1) is 16.2. The van der Waals surface area contributed by atoms with Crippen molar-refractivity contribution in [1.82, 2.24) is 29.3 Å². The topological polar surface area (TPSA) is 50.9 Å². The number of hydrogen-bond donors (Lipinski definition) is 1. The van der Waals surface area contributed by atoms with Gasteiger partial charge in [0.2, 0.25) is 0 Å². The molecule has 2 aliphatic heterocycles. The highest BCUT2D eigenvalue weighted by atomic mass is 15.1. The maximum atomic E-state index is 4.07. The van der Waals surface area contributed by atoms with Crippen LogP contribution in [0.15, 0.2) is 37.4 Å². The van der Waals surface area contributed by atoms with Crippen molar-refractivity contribution in [2.75, 3.05) is 33.2 Å². The molecule has 126 valence electrons. The van der Waals surface area contributed by atoms with Crippen molar-refractivity contribution in [3.63, 3.8) is 0 Å². The Kier molecular flexibility index (Phi) is 5.82. The second kappa shape index (κ2) is 8.26. The molecule has 6 nitrogen and oxygen atoms in total. The molecule has 0 bridgehead atoms. The average Bonchev–Trinajstić information content (AvgIpc) is 3.31. The molecule has 2 aromatic heterocycles. The van der Waals surface area contributed by atoms with Crippen LogP contribution in [0.4, 0.5) is 0 Å². The fourth-order valence-electron chi connectivity index (χ4n) is 3.37. The van der Waals surface area contributed by atoms with Gasteiger partial charge in [0, 0.05) is 36.9 Å². The predicted molar refractivity (Wildman–Crippen MR) is 91.4 cm³/mol. The molecule has 0 unspecified atom stereocenters. The Labute approximate surface area is 138 Å². The molecule has 0 aliphatic carbocycles. The summed E-state index contributed by atoms with van der Waals surface area (Å²) in [7, 11) is 2.18. The predicted octanol–water partition coefficient (Wildman–Crippen LogP) is 1.96. The zero-order valence-electron chi connectivity index (χ0n) is 14.0. The van der Waals surface area contributed by atoms with Gasteiger partial charge in [-0.3, -0.25) is 0 Å². The van der Waals surface area contributed by atoms with Crippen LogP contribution in [0.5, 0.6) is 0 Å². The number of aromatic nitrogens is 4. The van der Waals surface area contributed by atoms with Crippen molar-refractivity contribution >= 4 is 0 Å². The molecule has 2 aliphatic rings. The van der Waals surface area contributed by atoms with E-state index in [9.17, 15) is 0 Å². The zero-order chi connectivity index (χ0) is 15.9. The maximum absolute atomic E-state index is 4.07. The molecule has 2 fully saturated rings. The number of rotatable bonds is 2. The van der Waals surface area contributed by atoms with Crippen molar-refractivity contribution in [3.8, 4) is 0 Å². The maximum Gasteiger partial charge on any atom is 0.0948 e. The van der Waals surface area contributed by atoms with Gasteiger partial charge in [-0.2, -0.15) is 0 Å². The molecule has 0 atom stereocenters. The van der Waals surface area contributed by atoms with Gasteiger partial charge in [-0.05, 0) is 58.9 Å². The van der Waals surface area contributed by atoms with Crippen molar-refractivity contribution in [1.29, 1.82) is 0 Å². The quantitative estimate of drug-likeness (QED) is 0.920. The molecule has 4 heterocycles. The molecule has 4 rings (SSSR count). The van der Waals surface area contributed by atoms with E-state index in [2.05, 4.69) is 48.8 Å². The fourth-order valence-corrected chi connectivity index (χ4v) is 3.37. The third-order valence-corrected chi connectivity index (χ3v) is 4.89. The van der Waals surface area contributed by atoms with E-state index in [1.807, 2.05) is 25.0 Å². The summed E-state index contributed by atoms with van der Waals surface area (Å²) in [5.41, 5.74) is 0. The van der Waals surface area contributed by atoms with Gasteiger partial charge < -0.3 is 19.4 Å². The molecule has 2 saturated heterocycles. The minimum atomic E-state index is 0.679. The van der Waals surface area contributed by atoms with E-state index >= 15 is 0 Å². The lowest BCUT2D eigenvalue weighted by atomic mass is 10.1. The van der Waals surface area contributed by atoms with Crippen LogP contribution in [0.3, 0.4) is 0 Å². The molecule has 0 amide bonds. The van der Waals surface area contributed by atoms with Crippen LogP contribution in [0.2, 0.25) is 0 Å². The standard InChI is InChI=1S/C9H15N3.C8H13N3/c1-11-5-2-9(3-6-11)12-7-4-10-8-12;1-3-9-4-2-8(1)11-6-5-10-7-11/h4,7-9H,2-3,5-6H2,1H3;5-9H,1-4H2. The van der Waals surface area contributed by atoms with Crippen LogP contribution in [-0.2, 0) is 0 Å². The van der Waals surface area contributed by atoms with Crippen LogP contribution >= 0.6 is 0 Å². The molecule has 0 spiro atoms. The number of imidazole rings is 2. The summed E-state index contributed by atoms with van der Waals surface area (Å²) in [5, 5.41) is 3.34. The van der Waals surface area contributed by atoms with Crippen LogP contribution in [0, 0.1) is 0 Å². The van der Waals surface area contributed by atoms with Gasteiger partial charge in [0.25, 0.3) is 0 Å². The summed E-state index contributed by atoms with van der Waals surface area (Å²) in [5.74, 6) is 0. The molecule has 1 N–H and O–H groups in total. The Hall–Kier alpha value is -1.66. The molecular weight excluding hydrogens is 288 g/mol. The Morgan fingerprint density at radius 2 is 1.35 bits per heavy atom. The number of likely N-dealkylation sites (tertiary alicyclic amines) is 1. The highest BCUT2D eigenvalue weighted by molar-refractivity contribution is 4.84. The summed E-state index contributed by atoms with van der Waals surface area (Å²) in [4.78, 5) is 10.5. The van der Waals surface area contributed by atoms with Gasteiger partial charge in [0.15, 0.2) is 0 Å². The largest absolute Gasteiger partial charge is 0.334 e. The van der Waals surface area contributed by atoms with Crippen LogP contribution in [-0.4, -0.2) is 57.2 Å². The Bertz CT molecular complexity index is 521. The lowest BCUT2D eigenvalue weighted by Crippen LogP contribution is -2.31. The summed E-state index contributed by atoms with van der Waals surface area (Å²) >= 11 is 0. The molecule has 0 saturated carbocycles. The Balaban J connectivity index is 0.000000136. The highest BCUT2D eigenvalue weighted by Gasteiger charge is 2.17. The van der Waals surface area contributed by atoms with Gasteiger partial charge in [-0.25, -0.2) is 9.97 Å². The smallest absolute Gasteiger partial charge is 0.0948 e. The normalized spacial score (nSPS) is 20.9. The first-order chi connectivity index (χ1) is 11.3. The second-order valence-corrected chi connectivity index (χ2v) is 6.54. The van der Waals surface area contributed by atoms with Crippen LogP contribution < -0.4 is 5.32 Å². The number of hydrogen-bond acceptors (Lipinski definition) is 4. The number of nitrogens with one attached hydrogen (secondary N) is 1. The first-order valence-corrected chi connectivity index (χ1v) is 8.67. The van der Waals surface area contributed by atoms with Crippen molar-refractivity contribution in [3.05, 3.63) is 37.4 Å². The zero-order valence-corrected chi connectivity index (χ0v) is 14.0. The van der Waals surface area contributed by atoms with Crippen LogP contribution in [0.25, 0.3) is 0 Å². The second-order valence-electron chi connectivity index (χ2n) is 6.54. The van der Waals surface area contributed by atoms with Gasteiger partial charge in [-0.1, -0.05) is 0 Å². The lowest BCUT2D eigenvalue weighted by Gasteiger charge is -2.29. The third kappa shape index (κ3) is 4.65. The molecule has 6 heteroatoms. The number of nitrogens with zero attached hydrogens (tertiary/aromatic N) is 5. The van der Waals surface area contributed by atoms with Gasteiger partial charge >= 0.3 is 0 Å². The Morgan fingerprint density at radius 3 is 1.83 bits per heavy atom. The van der Waals surface area contributed by atoms with E-state index < -0.39 is 0 Å². The highest BCUT2D eigenvalue weighted by Crippen LogP contribution is 2.20. The minimum Gasteiger partial charge on any atom is -0.334 e. The Morgan fingerprint density at radius 1 is 0.826 bits per heavy atom. The van der Waals surface area contributed by atoms with E-state index in [1.165, 1.54) is 38.8 Å². The lowest BCUT2D eigenvalue weighted by molar-refractivity contribution is 0.221. The van der Waals surface area contributed by atoms with Gasteiger partial charge in [0.1, 0.15) is 0 Å². The van der Waals surface area contributed by atoms with Gasteiger partial charge in [0.05, 0.1) is 12.7 Å². The third-order valence-electron chi connectivity index (χ3n) is 4.89. The molecular formula is C17H28N6. The van der Waals surface area contributed by atoms with E-state index in [-0.39, 0.29) is 0 Å². The van der Waals surface area contributed by atoms with Crippen molar-refractivity contribution < 1.29 is 0 Å². The molecule has 0 aromatic carbocycles. The summed E-state index contributed by atoms with van der Waals surface area (Å²) < 4.78 is 4.44. The van der Waals surface area contributed by atoms with E-state index in [4.69, 9.17) is 0 Å².